The Morgan fingerprint density at radius 3 is 2.55 bits per heavy atom. The topological polar surface area (TPSA) is 62.2 Å². The van der Waals surface area contributed by atoms with Crippen molar-refractivity contribution in [2.24, 2.45) is 0 Å². The van der Waals surface area contributed by atoms with Gasteiger partial charge in [-0.05, 0) is 23.6 Å². The summed E-state index contributed by atoms with van der Waals surface area (Å²) in [5.41, 5.74) is 3.44. The summed E-state index contributed by atoms with van der Waals surface area (Å²) in [6.45, 7) is 1.98. The van der Waals surface area contributed by atoms with Crippen LogP contribution in [0.15, 0.2) is 42.7 Å². The number of pyridine rings is 1. The van der Waals surface area contributed by atoms with Gasteiger partial charge in [-0.25, -0.2) is 0 Å². The normalized spacial score (nSPS) is 10.3. The minimum atomic E-state index is -0.122. The SMILES string of the molecule is CCc1ccc(CC(=O)Nc2cnccc2CO)cc1. The number of aryl methyl sites for hydroxylation is 1. The maximum Gasteiger partial charge on any atom is 0.228 e. The van der Waals surface area contributed by atoms with Gasteiger partial charge < -0.3 is 10.4 Å². The first kappa shape index (κ1) is 14.2. The summed E-state index contributed by atoms with van der Waals surface area (Å²) in [6.07, 6.45) is 4.43. The Bertz CT molecular complexity index is 579. The molecule has 0 bridgehead atoms. The molecule has 1 aromatic carbocycles. The quantitative estimate of drug-likeness (QED) is 0.876. The summed E-state index contributed by atoms with van der Waals surface area (Å²) in [5.74, 6) is -0.114. The Hall–Kier alpha value is -2.20. The molecule has 0 aliphatic carbocycles. The second kappa shape index (κ2) is 6.82. The van der Waals surface area contributed by atoms with Crippen molar-refractivity contribution in [3.05, 3.63) is 59.4 Å². The highest BCUT2D eigenvalue weighted by molar-refractivity contribution is 5.92. The number of aliphatic hydroxyl groups excluding tert-OH is 1. The maximum atomic E-state index is 12.0. The first-order valence-electron chi connectivity index (χ1n) is 6.64. The average Bonchev–Trinajstić information content (AvgIpc) is 2.48. The molecule has 0 aliphatic heterocycles. The molecule has 0 saturated heterocycles. The van der Waals surface area contributed by atoms with Crippen molar-refractivity contribution in [2.45, 2.75) is 26.4 Å². The Kier molecular flexibility index (Phi) is 4.85. The molecule has 1 amide bonds. The predicted molar refractivity (Wildman–Crippen MR) is 78.3 cm³/mol. The second-order valence-corrected chi connectivity index (χ2v) is 4.59. The van der Waals surface area contributed by atoms with E-state index in [-0.39, 0.29) is 12.5 Å². The number of aromatic nitrogens is 1. The average molecular weight is 270 g/mol. The van der Waals surface area contributed by atoms with Crippen LogP contribution < -0.4 is 5.32 Å². The molecule has 0 aliphatic rings. The van der Waals surface area contributed by atoms with Crippen LogP contribution in [0.25, 0.3) is 0 Å². The lowest BCUT2D eigenvalue weighted by Crippen LogP contribution is -2.15. The Morgan fingerprint density at radius 2 is 1.90 bits per heavy atom. The largest absolute Gasteiger partial charge is 0.392 e. The number of anilines is 1. The van der Waals surface area contributed by atoms with Gasteiger partial charge in [-0.3, -0.25) is 9.78 Å². The molecule has 20 heavy (non-hydrogen) atoms. The summed E-state index contributed by atoms with van der Waals surface area (Å²) >= 11 is 0. The number of rotatable bonds is 5. The van der Waals surface area contributed by atoms with E-state index in [0.29, 0.717) is 17.7 Å². The Morgan fingerprint density at radius 1 is 1.20 bits per heavy atom. The molecule has 4 heteroatoms. The summed E-state index contributed by atoms with van der Waals surface area (Å²) in [4.78, 5) is 15.9. The van der Waals surface area contributed by atoms with Crippen molar-refractivity contribution in [2.75, 3.05) is 5.32 Å². The monoisotopic (exact) mass is 270 g/mol. The van der Waals surface area contributed by atoms with E-state index in [2.05, 4.69) is 17.2 Å². The highest BCUT2D eigenvalue weighted by atomic mass is 16.3. The molecule has 0 radical (unpaired) electrons. The fourth-order valence-corrected chi connectivity index (χ4v) is 1.95. The van der Waals surface area contributed by atoms with Crippen LogP contribution in [-0.4, -0.2) is 16.0 Å². The molecule has 104 valence electrons. The fraction of sp³-hybridized carbons (Fsp3) is 0.250. The molecule has 4 nitrogen and oxygen atoms in total. The zero-order valence-electron chi connectivity index (χ0n) is 11.5. The summed E-state index contributed by atoms with van der Waals surface area (Å²) in [5, 5.41) is 12.0. The molecular formula is C16H18N2O2. The third-order valence-electron chi connectivity index (χ3n) is 3.15. The molecule has 2 rings (SSSR count). The van der Waals surface area contributed by atoms with Crippen LogP contribution in [0.2, 0.25) is 0 Å². The molecular weight excluding hydrogens is 252 g/mol. The van der Waals surface area contributed by atoms with Crippen molar-refractivity contribution >= 4 is 11.6 Å². The number of hydrogen-bond acceptors (Lipinski definition) is 3. The number of carbonyl (C=O) groups excluding carboxylic acids is 1. The van der Waals surface area contributed by atoms with Gasteiger partial charge in [0.15, 0.2) is 0 Å². The number of nitrogens with one attached hydrogen (secondary N) is 1. The van der Waals surface area contributed by atoms with Gasteiger partial charge in [0.25, 0.3) is 0 Å². The van der Waals surface area contributed by atoms with E-state index in [1.54, 1.807) is 18.5 Å². The predicted octanol–water partition coefficient (Wildman–Crippen LogP) is 2.32. The van der Waals surface area contributed by atoms with Crippen molar-refractivity contribution in [1.82, 2.24) is 4.98 Å². The molecule has 0 fully saturated rings. The van der Waals surface area contributed by atoms with Crippen LogP contribution in [0.1, 0.15) is 23.6 Å². The van der Waals surface area contributed by atoms with Gasteiger partial charge in [0.05, 0.1) is 24.9 Å². The van der Waals surface area contributed by atoms with Gasteiger partial charge in [0, 0.05) is 11.8 Å². The highest BCUT2D eigenvalue weighted by Gasteiger charge is 2.07. The van der Waals surface area contributed by atoms with Crippen LogP contribution >= 0.6 is 0 Å². The molecule has 2 aromatic rings. The summed E-state index contributed by atoms with van der Waals surface area (Å²) in [6, 6.07) is 9.69. The van der Waals surface area contributed by atoms with Gasteiger partial charge in [-0.2, -0.15) is 0 Å². The number of carbonyl (C=O) groups is 1. The molecule has 0 spiro atoms. The minimum Gasteiger partial charge on any atom is -0.392 e. The van der Waals surface area contributed by atoms with Crippen LogP contribution in [0.5, 0.6) is 0 Å². The van der Waals surface area contributed by atoms with E-state index in [1.807, 2.05) is 24.3 Å². The van der Waals surface area contributed by atoms with E-state index in [9.17, 15) is 9.90 Å². The van der Waals surface area contributed by atoms with Gasteiger partial charge in [-0.15, -0.1) is 0 Å². The van der Waals surface area contributed by atoms with Crippen LogP contribution in [0.3, 0.4) is 0 Å². The zero-order valence-corrected chi connectivity index (χ0v) is 11.5. The first-order valence-corrected chi connectivity index (χ1v) is 6.64. The number of amides is 1. The highest BCUT2D eigenvalue weighted by Crippen LogP contribution is 2.14. The molecule has 1 heterocycles. The van der Waals surface area contributed by atoms with Gasteiger partial charge >= 0.3 is 0 Å². The van der Waals surface area contributed by atoms with Crippen molar-refractivity contribution in [3.8, 4) is 0 Å². The first-order chi connectivity index (χ1) is 9.72. The van der Waals surface area contributed by atoms with Crippen molar-refractivity contribution in [1.29, 1.82) is 0 Å². The number of aliphatic hydroxyl groups is 1. The smallest absolute Gasteiger partial charge is 0.228 e. The Labute approximate surface area is 118 Å². The van der Waals surface area contributed by atoms with E-state index in [4.69, 9.17) is 0 Å². The number of nitrogens with zero attached hydrogens (tertiary/aromatic N) is 1. The third-order valence-corrected chi connectivity index (χ3v) is 3.15. The number of benzene rings is 1. The third kappa shape index (κ3) is 3.65. The van der Waals surface area contributed by atoms with Gasteiger partial charge in [-0.1, -0.05) is 31.2 Å². The summed E-state index contributed by atoms with van der Waals surface area (Å²) < 4.78 is 0. The zero-order chi connectivity index (χ0) is 14.4. The van der Waals surface area contributed by atoms with E-state index < -0.39 is 0 Å². The van der Waals surface area contributed by atoms with E-state index in [0.717, 1.165) is 12.0 Å². The maximum absolute atomic E-state index is 12.0. The minimum absolute atomic E-state index is 0.114. The summed E-state index contributed by atoms with van der Waals surface area (Å²) in [7, 11) is 0. The molecule has 2 N–H and O–H groups in total. The van der Waals surface area contributed by atoms with Gasteiger partial charge in [0.1, 0.15) is 0 Å². The standard InChI is InChI=1S/C16H18N2O2/c1-2-12-3-5-13(6-4-12)9-16(20)18-15-10-17-8-7-14(15)11-19/h3-8,10,19H,2,9,11H2,1H3,(H,18,20). The van der Waals surface area contributed by atoms with Crippen molar-refractivity contribution in [3.63, 3.8) is 0 Å². The lowest BCUT2D eigenvalue weighted by atomic mass is 10.1. The van der Waals surface area contributed by atoms with Crippen LogP contribution in [0.4, 0.5) is 5.69 Å². The molecule has 0 atom stereocenters. The van der Waals surface area contributed by atoms with E-state index in [1.165, 1.54) is 5.56 Å². The van der Waals surface area contributed by atoms with Crippen LogP contribution in [0, 0.1) is 0 Å². The second-order valence-electron chi connectivity index (χ2n) is 4.59. The number of hydrogen-bond donors (Lipinski definition) is 2. The lowest BCUT2D eigenvalue weighted by molar-refractivity contribution is -0.115. The molecule has 1 aromatic heterocycles. The lowest BCUT2D eigenvalue weighted by Gasteiger charge is -2.09. The van der Waals surface area contributed by atoms with Crippen LogP contribution in [-0.2, 0) is 24.2 Å². The van der Waals surface area contributed by atoms with Gasteiger partial charge in [0.2, 0.25) is 5.91 Å². The molecule has 0 unspecified atom stereocenters. The van der Waals surface area contributed by atoms with E-state index >= 15 is 0 Å². The fourth-order valence-electron chi connectivity index (χ4n) is 1.95. The van der Waals surface area contributed by atoms with Crippen molar-refractivity contribution < 1.29 is 9.90 Å². The molecule has 0 saturated carbocycles. The Balaban J connectivity index is 2.01.